The van der Waals surface area contributed by atoms with Crippen LogP contribution in [0.3, 0.4) is 0 Å². The number of aromatic nitrogens is 7. The number of hydrogen-bond donors (Lipinski definition) is 1. The number of aromatic amines is 1. The van der Waals surface area contributed by atoms with E-state index in [1.165, 1.54) is 0 Å². The van der Waals surface area contributed by atoms with Gasteiger partial charge in [0.15, 0.2) is 0 Å². The Morgan fingerprint density at radius 1 is 1.09 bits per heavy atom. The lowest BCUT2D eigenvalue weighted by atomic mass is 10.0. The van der Waals surface area contributed by atoms with Crippen LogP contribution >= 0.6 is 0 Å². The smallest absolute Gasteiger partial charge is 0.296 e. The standard InChI is InChI=1S/C24H29N7O/c1-4-6-7-20-16-30(17(3)5-2)24(32)31(20)15-18-8-10-19(11-9-18)22-14-25-13-12-21(22)23-26-28-29-27-23/h8-14,16-17H,4-7,15H2,1-3H3,(H,26,27,28,29). The van der Waals surface area contributed by atoms with E-state index in [1.54, 1.807) is 12.4 Å². The zero-order valence-corrected chi connectivity index (χ0v) is 18.8. The fourth-order valence-corrected chi connectivity index (χ4v) is 3.85. The van der Waals surface area contributed by atoms with Crippen molar-refractivity contribution in [1.29, 1.82) is 0 Å². The summed E-state index contributed by atoms with van der Waals surface area (Å²) < 4.78 is 3.80. The number of nitrogens with one attached hydrogen (secondary N) is 1. The van der Waals surface area contributed by atoms with Gasteiger partial charge in [0.2, 0.25) is 5.82 Å². The lowest BCUT2D eigenvalue weighted by Gasteiger charge is -2.10. The summed E-state index contributed by atoms with van der Waals surface area (Å²) in [7, 11) is 0. The van der Waals surface area contributed by atoms with Gasteiger partial charge in [0.05, 0.1) is 6.54 Å². The molecule has 4 rings (SSSR count). The third kappa shape index (κ3) is 4.39. The van der Waals surface area contributed by atoms with Gasteiger partial charge in [0.1, 0.15) is 0 Å². The maximum absolute atomic E-state index is 13.1. The van der Waals surface area contributed by atoms with Gasteiger partial charge in [-0.3, -0.25) is 14.1 Å². The number of hydrogen-bond acceptors (Lipinski definition) is 5. The third-order valence-corrected chi connectivity index (χ3v) is 5.95. The van der Waals surface area contributed by atoms with Crippen molar-refractivity contribution in [2.24, 2.45) is 0 Å². The highest BCUT2D eigenvalue weighted by Crippen LogP contribution is 2.29. The van der Waals surface area contributed by atoms with Gasteiger partial charge >= 0.3 is 5.69 Å². The molecule has 0 aliphatic heterocycles. The Balaban J connectivity index is 1.63. The Kier molecular flexibility index (Phi) is 6.58. The van der Waals surface area contributed by atoms with Crippen LogP contribution in [-0.4, -0.2) is 34.7 Å². The molecular weight excluding hydrogens is 402 g/mol. The normalized spacial score (nSPS) is 12.2. The van der Waals surface area contributed by atoms with E-state index in [1.807, 2.05) is 21.4 Å². The molecule has 0 saturated carbocycles. The predicted molar refractivity (Wildman–Crippen MR) is 124 cm³/mol. The minimum atomic E-state index is 0.0705. The summed E-state index contributed by atoms with van der Waals surface area (Å²) in [4.78, 5) is 17.4. The van der Waals surface area contributed by atoms with Crippen LogP contribution in [-0.2, 0) is 13.0 Å². The molecule has 4 aromatic rings. The van der Waals surface area contributed by atoms with Crippen LogP contribution in [0, 0.1) is 0 Å². The molecule has 0 fully saturated rings. The van der Waals surface area contributed by atoms with Gasteiger partial charge in [-0.2, -0.15) is 5.21 Å². The highest BCUT2D eigenvalue weighted by atomic mass is 16.1. The van der Waals surface area contributed by atoms with Crippen molar-refractivity contribution in [2.75, 3.05) is 0 Å². The number of benzene rings is 1. The summed E-state index contributed by atoms with van der Waals surface area (Å²) in [6.07, 6.45) is 9.59. The van der Waals surface area contributed by atoms with E-state index in [9.17, 15) is 4.79 Å². The molecule has 8 nitrogen and oxygen atoms in total. The third-order valence-electron chi connectivity index (χ3n) is 5.95. The molecule has 166 valence electrons. The lowest BCUT2D eigenvalue weighted by molar-refractivity contribution is 0.504. The molecule has 3 aromatic heterocycles. The molecule has 1 aromatic carbocycles. The lowest BCUT2D eigenvalue weighted by Crippen LogP contribution is -2.27. The van der Waals surface area contributed by atoms with Crippen molar-refractivity contribution in [1.82, 2.24) is 34.7 Å². The van der Waals surface area contributed by atoms with Gasteiger partial charge in [0.25, 0.3) is 0 Å². The first-order valence-electron chi connectivity index (χ1n) is 11.2. The second-order valence-corrected chi connectivity index (χ2v) is 8.11. The Morgan fingerprint density at radius 3 is 2.59 bits per heavy atom. The summed E-state index contributed by atoms with van der Waals surface area (Å²) in [5.41, 5.74) is 5.07. The fraction of sp³-hybridized carbons (Fsp3) is 0.375. The van der Waals surface area contributed by atoms with E-state index in [0.29, 0.717) is 12.4 Å². The summed E-state index contributed by atoms with van der Waals surface area (Å²) in [5, 5.41) is 14.4. The molecule has 0 bridgehead atoms. The first-order valence-corrected chi connectivity index (χ1v) is 11.2. The number of pyridine rings is 1. The molecule has 0 amide bonds. The molecule has 3 heterocycles. The molecule has 0 aliphatic rings. The zero-order valence-electron chi connectivity index (χ0n) is 18.8. The molecule has 0 spiro atoms. The van der Waals surface area contributed by atoms with Gasteiger partial charge in [-0.25, -0.2) is 4.79 Å². The first-order chi connectivity index (χ1) is 15.6. The van der Waals surface area contributed by atoms with Crippen molar-refractivity contribution in [3.05, 3.63) is 70.7 Å². The highest BCUT2D eigenvalue weighted by Gasteiger charge is 2.15. The van der Waals surface area contributed by atoms with Crippen molar-refractivity contribution in [2.45, 2.75) is 59.0 Å². The Labute approximate surface area is 187 Å². The van der Waals surface area contributed by atoms with E-state index in [0.717, 1.165) is 53.6 Å². The van der Waals surface area contributed by atoms with Gasteiger partial charge in [-0.1, -0.05) is 44.5 Å². The molecule has 0 aliphatic carbocycles. The van der Waals surface area contributed by atoms with E-state index < -0.39 is 0 Å². The topological polar surface area (TPSA) is 94.3 Å². The minimum absolute atomic E-state index is 0.0705. The molecule has 0 radical (unpaired) electrons. The maximum atomic E-state index is 13.1. The van der Waals surface area contributed by atoms with Crippen LogP contribution in [0.25, 0.3) is 22.5 Å². The van der Waals surface area contributed by atoms with Crippen LogP contribution in [0.15, 0.2) is 53.7 Å². The minimum Gasteiger partial charge on any atom is -0.296 e. The van der Waals surface area contributed by atoms with Crippen molar-refractivity contribution in [3.8, 4) is 22.5 Å². The van der Waals surface area contributed by atoms with Crippen LogP contribution in [0.4, 0.5) is 0 Å². The fourth-order valence-electron chi connectivity index (χ4n) is 3.85. The molecule has 8 heteroatoms. The van der Waals surface area contributed by atoms with Crippen LogP contribution in [0.5, 0.6) is 0 Å². The molecule has 1 unspecified atom stereocenters. The van der Waals surface area contributed by atoms with Crippen LogP contribution < -0.4 is 5.69 Å². The van der Waals surface area contributed by atoms with Gasteiger partial charge in [-0.15, -0.1) is 10.2 Å². The molecule has 0 saturated heterocycles. The average Bonchev–Trinajstić information content (AvgIpc) is 3.47. The van der Waals surface area contributed by atoms with E-state index in [2.05, 4.69) is 70.6 Å². The highest BCUT2D eigenvalue weighted by molar-refractivity contribution is 5.79. The van der Waals surface area contributed by atoms with Crippen molar-refractivity contribution < 1.29 is 0 Å². The van der Waals surface area contributed by atoms with Crippen molar-refractivity contribution in [3.63, 3.8) is 0 Å². The Morgan fingerprint density at radius 2 is 1.91 bits per heavy atom. The second kappa shape index (κ2) is 9.72. The van der Waals surface area contributed by atoms with Crippen molar-refractivity contribution >= 4 is 0 Å². The maximum Gasteiger partial charge on any atom is 0.328 e. The zero-order chi connectivity index (χ0) is 22.5. The molecular formula is C24H29N7O. The van der Waals surface area contributed by atoms with E-state index in [-0.39, 0.29) is 11.7 Å². The average molecular weight is 432 g/mol. The number of rotatable bonds is 9. The van der Waals surface area contributed by atoms with Crippen LogP contribution in [0.2, 0.25) is 0 Å². The largest absolute Gasteiger partial charge is 0.328 e. The Bertz CT molecular complexity index is 1210. The number of unbranched alkanes of at least 4 members (excludes halogenated alkanes) is 1. The summed E-state index contributed by atoms with van der Waals surface area (Å²) in [6, 6.07) is 10.3. The van der Waals surface area contributed by atoms with Crippen LogP contribution in [0.1, 0.15) is 57.3 Å². The molecule has 1 atom stereocenters. The number of nitrogens with zero attached hydrogens (tertiary/aromatic N) is 6. The van der Waals surface area contributed by atoms with Gasteiger partial charge < -0.3 is 0 Å². The number of aryl methyl sites for hydroxylation is 1. The quantitative estimate of drug-likeness (QED) is 0.427. The van der Waals surface area contributed by atoms with Gasteiger partial charge in [-0.05, 0) is 48.6 Å². The monoisotopic (exact) mass is 431 g/mol. The predicted octanol–water partition coefficient (Wildman–Crippen LogP) is 4.25. The second-order valence-electron chi connectivity index (χ2n) is 8.11. The summed E-state index contributed by atoms with van der Waals surface area (Å²) in [6.45, 7) is 6.94. The SMILES string of the molecule is CCCCc1cn(C(C)CC)c(=O)n1Cc1ccc(-c2cnccc2-c2nn[nH]n2)cc1. The first kappa shape index (κ1) is 21.7. The number of imidazole rings is 1. The number of tetrazole rings is 1. The Hall–Kier alpha value is -3.55. The molecule has 32 heavy (non-hydrogen) atoms. The number of H-pyrrole nitrogens is 1. The van der Waals surface area contributed by atoms with E-state index >= 15 is 0 Å². The van der Waals surface area contributed by atoms with Gasteiger partial charge in [0, 0.05) is 41.5 Å². The summed E-state index contributed by atoms with van der Waals surface area (Å²) >= 11 is 0. The van der Waals surface area contributed by atoms with E-state index in [4.69, 9.17) is 0 Å². The molecule has 1 N–H and O–H groups in total. The summed E-state index contributed by atoms with van der Waals surface area (Å²) in [5.74, 6) is 0.532.